The van der Waals surface area contributed by atoms with Crippen molar-refractivity contribution >= 4 is 11.4 Å². The Hall–Kier alpha value is -2.41. The van der Waals surface area contributed by atoms with Crippen LogP contribution in [0.25, 0.3) is 0 Å². The first kappa shape index (κ1) is 16.4. The average Bonchev–Trinajstić information content (AvgIpc) is 2.62. The lowest BCUT2D eigenvalue weighted by atomic mass is 9.91. The van der Waals surface area contributed by atoms with Gasteiger partial charge in [0.25, 0.3) is 0 Å². The molecule has 1 aliphatic rings. The summed E-state index contributed by atoms with van der Waals surface area (Å²) in [5.41, 5.74) is 8.62. The number of aliphatic imine (C=N–C) groups is 1. The van der Waals surface area contributed by atoms with Crippen molar-refractivity contribution < 1.29 is 0 Å². The fourth-order valence-electron chi connectivity index (χ4n) is 3.09. The van der Waals surface area contributed by atoms with Crippen LogP contribution >= 0.6 is 0 Å². The van der Waals surface area contributed by atoms with Crippen molar-refractivity contribution in [3.8, 4) is 0 Å². The maximum atomic E-state index is 5.11. The molecule has 0 heterocycles. The zero-order valence-corrected chi connectivity index (χ0v) is 14.8. The lowest BCUT2D eigenvalue weighted by Gasteiger charge is -2.16. The van der Waals surface area contributed by atoms with Crippen LogP contribution in [0.5, 0.6) is 0 Å². The highest BCUT2D eigenvalue weighted by Crippen LogP contribution is 2.27. The van der Waals surface area contributed by atoms with E-state index in [-0.39, 0.29) is 0 Å². The van der Waals surface area contributed by atoms with Gasteiger partial charge in [-0.05, 0) is 50.3 Å². The van der Waals surface area contributed by atoms with Crippen LogP contribution in [0.2, 0.25) is 0 Å². The molecule has 0 saturated carbocycles. The molecule has 0 amide bonds. The van der Waals surface area contributed by atoms with E-state index in [9.17, 15) is 0 Å². The second-order valence-electron chi connectivity index (χ2n) is 6.44. The predicted octanol–water partition coefficient (Wildman–Crippen LogP) is 6.34. The van der Waals surface area contributed by atoms with E-state index in [1.54, 1.807) is 0 Å². The molecule has 2 aromatic rings. The number of aryl methyl sites for hydroxylation is 2. The van der Waals surface area contributed by atoms with Crippen LogP contribution in [0.4, 0.5) is 5.69 Å². The van der Waals surface area contributed by atoms with Crippen LogP contribution < -0.4 is 0 Å². The minimum Gasteiger partial charge on any atom is -0.248 e. The lowest BCUT2D eigenvalue weighted by molar-refractivity contribution is 0.952. The van der Waals surface area contributed by atoms with Gasteiger partial charge >= 0.3 is 0 Å². The van der Waals surface area contributed by atoms with E-state index in [2.05, 4.69) is 81.5 Å². The smallest absolute Gasteiger partial charge is 0.0780 e. The van der Waals surface area contributed by atoms with Gasteiger partial charge in [-0.2, -0.15) is 0 Å². The number of hydrogen-bond acceptors (Lipinski definition) is 1. The van der Waals surface area contributed by atoms with Crippen molar-refractivity contribution in [1.82, 2.24) is 0 Å². The number of benzene rings is 2. The molecule has 0 aromatic heterocycles. The molecular weight excluding hydrogens is 290 g/mol. The molecule has 1 heteroatoms. The van der Waals surface area contributed by atoms with Gasteiger partial charge in [0.15, 0.2) is 0 Å². The molecule has 1 nitrogen and oxygen atoms in total. The molecule has 122 valence electrons. The summed E-state index contributed by atoms with van der Waals surface area (Å²) in [7, 11) is 0. The summed E-state index contributed by atoms with van der Waals surface area (Å²) in [5.74, 6) is 0. The van der Waals surface area contributed by atoms with Crippen LogP contribution in [0, 0.1) is 6.92 Å². The maximum absolute atomic E-state index is 5.11. The van der Waals surface area contributed by atoms with Gasteiger partial charge in [0, 0.05) is 5.56 Å². The Balaban J connectivity index is 2.17. The van der Waals surface area contributed by atoms with Crippen LogP contribution in [-0.4, -0.2) is 5.71 Å². The number of nitrogens with zero attached hydrogens (tertiary/aromatic N) is 1. The van der Waals surface area contributed by atoms with Gasteiger partial charge < -0.3 is 0 Å². The summed E-state index contributed by atoms with van der Waals surface area (Å²) in [6.07, 6.45) is 7.74. The molecule has 0 radical (unpaired) electrons. The Labute approximate surface area is 145 Å². The number of hydrogen-bond donors (Lipinski definition) is 0. The first-order valence-electron chi connectivity index (χ1n) is 8.79. The van der Waals surface area contributed by atoms with Crippen molar-refractivity contribution in [2.45, 2.75) is 40.0 Å². The molecule has 0 N–H and O–H groups in total. The van der Waals surface area contributed by atoms with E-state index in [1.807, 2.05) is 0 Å². The van der Waals surface area contributed by atoms with Crippen molar-refractivity contribution in [3.05, 3.63) is 88.5 Å². The van der Waals surface area contributed by atoms with Crippen molar-refractivity contribution in [2.24, 2.45) is 4.99 Å². The first-order valence-corrected chi connectivity index (χ1v) is 8.79. The monoisotopic (exact) mass is 315 g/mol. The van der Waals surface area contributed by atoms with Crippen molar-refractivity contribution in [3.63, 3.8) is 0 Å². The molecule has 3 rings (SSSR count). The number of allylic oxidation sites excluding steroid dienone is 4. The third-order valence-corrected chi connectivity index (χ3v) is 4.62. The molecular formula is C23H25N. The molecule has 1 aliphatic carbocycles. The molecule has 2 aromatic carbocycles. The van der Waals surface area contributed by atoms with Gasteiger partial charge in [-0.1, -0.05) is 72.7 Å². The fraction of sp³-hybridized carbons (Fsp3) is 0.261. The van der Waals surface area contributed by atoms with Gasteiger partial charge in [-0.3, -0.25) is 0 Å². The SMILES string of the molecule is CCc1ccccc1N=C(C1=C(C)CCC=C1)c1ccc(C)cc1. The van der Waals surface area contributed by atoms with Crippen LogP contribution in [-0.2, 0) is 6.42 Å². The summed E-state index contributed by atoms with van der Waals surface area (Å²) in [5, 5.41) is 0. The zero-order chi connectivity index (χ0) is 16.9. The number of para-hydroxylation sites is 1. The van der Waals surface area contributed by atoms with Gasteiger partial charge in [0.2, 0.25) is 0 Å². The van der Waals surface area contributed by atoms with Crippen molar-refractivity contribution in [1.29, 1.82) is 0 Å². The maximum Gasteiger partial charge on any atom is 0.0780 e. The summed E-state index contributed by atoms with van der Waals surface area (Å²) in [6.45, 7) is 6.54. The van der Waals surface area contributed by atoms with E-state index in [0.29, 0.717) is 0 Å². The molecule has 0 aliphatic heterocycles. The quantitative estimate of drug-likeness (QED) is 0.583. The second kappa shape index (κ2) is 7.44. The highest BCUT2D eigenvalue weighted by Gasteiger charge is 2.14. The Morgan fingerprint density at radius 2 is 1.75 bits per heavy atom. The molecule has 0 fully saturated rings. The molecule has 0 saturated heterocycles. The van der Waals surface area contributed by atoms with Crippen LogP contribution in [0.15, 0.2) is 76.8 Å². The van der Waals surface area contributed by atoms with E-state index in [0.717, 1.165) is 30.7 Å². The Morgan fingerprint density at radius 1 is 1.00 bits per heavy atom. The predicted molar refractivity (Wildman–Crippen MR) is 104 cm³/mol. The van der Waals surface area contributed by atoms with E-state index < -0.39 is 0 Å². The van der Waals surface area contributed by atoms with Crippen LogP contribution in [0.3, 0.4) is 0 Å². The third-order valence-electron chi connectivity index (χ3n) is 4.62. The summed E-state index contributed by atoms with van der Waals surface area (Å²) >= 11 is 0. The van der Waals surface area contributed by atoms with Crippen LogP contribution in [0.1, 0.15) is 43.4 Å². The van der Waals surface area contributed by atoms with Gasteiger partial charge in [0.05, 0.1) is 11.4 Å². The van der Waals surface area contributed by atoms with Gasteiger partial charge in [0.1, 0.15) is 0 Å². The van der Waals surface area contributed by atoms with Crippen molar-refractivity contribution in [2.75, 3.05) is 0 Å². The standard InChI is InChI=1S/C23H25N/c1-4-19-10-6-8-12-22(19)24-23(20-15-13-17(2)14-16-20)21-11-7-5-9-18(21)3/h6-8,10-16H,4-5,9H2,1-3H3. The minimum absolute atomic E-state index is 0.995. The Morgan fingerprint density at radius 3 is 2.46 bits per heavy atom. The number of rotatable bonds is 4. The van der Waals surface area contributed by atoms with E-state index in [4.69, 9.17) is 4.99 Å². The topological polar surface area (TPSA) is 12.4 Å². The third kappa shape index (κ3) is 3.56. The second-order valence-corrected chi connectivity index (χ2v) is 6.44. The molecule has 24 heavy (non-hydrogen) atoms. The van der Waals surface area contributed by atoms with Gasteiger partial charge in [-0.15, -0.1) is 0 Å². The zero-order valence-electron chi connectivity index (χ0n) is 14.8. The summed E-state index contributed by atoms with van der Waals surface area (Å²) in [4.78, 5) is 5.11. The largest absolute Gasteiger partial charge is 0.248 e. The Bertz CT molecular complexity index is 804. The highest BCUT2D eigenvalue weighted by atomic mass is 14.8. The molecule has 0 atom stereocenters. The average molecular weight is 315 g/mol. The highest BCUT2D eigenvalue weighted by molar-refractivity contribution is 6.16. The van der Waals surface area contributed by atoms with Gasteiger partial charge in [-0.25, -0.2) is 4.99 Å². The minimum atomic E-state index is 0.995. The Kier molecular flexibility index (Phi) is 5.10. The first-order chi connectivity index (χ1) is 11.7. The summed E-state index contributed by atoms with van der Waals surface area (Å²) < 4.78 is 0. The lowest BCUT2D eigenvalue weighted by Crippen LogP contribution is -2.08. The van der Waals surface area contributed by atoms with E-state index >= 15 is 0 Å². The summed E-state index contributed by atoms with van der Waals surface area (Å²) in [6, 6.07) is 17.2. The molecule has 0 bridgehead atoms. The normalized spacial score (nSPS) is 15.0. The molecule has 0 spiro atoms. The van der Waals surface area contributed by atoms with E-state index in [1.165, 1.54) is 27.8 Å². The molecule has 0 unspecified atom stereocenters. The fourth-order valence-corrected chi connectivity index (χ4v) is 3.09.